The Bertz CT molecular complexity index is 253. The molecule has 1 saturated carbocycles. The molecule has 0 N–H and O–H groups in total. The van der Waals surface area contributed by atoms with Crippen molar-refractivity contribution in [1.82, 2.24) is 0 Å². The van der Waals surface area contributed by atoms with Crippen LogP contribution < -0.4 is 0 Å². The second-order valence-corrected chi connectivity index (χ2v) is 6.39. The Hall–Kier alpha value is -0.260. The highest BCUT2D eigenvalue weighted by atomic mass is 14.4. The molecule has 0 aromatic carbocycles. The quantitative estimate of drug-likeness (QED) is 0.557. The molecule has 0 radical (unpaired) electrons. The van der Waals surface area contributed by atoms with E-state index in [9.17, 15) is 0 Å². The monoisotopic (exact) mass is 234 g/mol. The fourth-order valence-electron chi connectivity index (χ4n) is 4.33. The van der Waals surface area contributed by atoms with Gasteiger partial charge in [-0.15, -0.1) is 0 Å². The van der Waals surface area contributed by atoms with Crippen LogP contribution in [0.1, 0.15) is 72.1 Å². The zero-order chi connectivity index (χ0) is 12.3. The molecule has 0 spiro atoms. The molecule has 2 atom stereocenters. The van der Waals surface area contributed by atoms with Gasteiger partial charge in [-0.3, -0.25) is 0 Å². The fourth-order valence-corrected chi connectivity index (χ4v) is 4.33. The molecule has 0 aromatic heterocycles. The van der Waals surface area contributed by atoms with E-state index in [1.807, 2.05) is 0 Å². The molecule has 0 heteroatoms. The van der Waals surface area contributed by atoms with E-state index in [1.165, 1.54) is 51.4 Å². The van der Waals surface area contributed by atoms with Crippen LogP contribution in [0.4, 0.5) is 0 Å². The first-order valence-corrected chi connectivity index (χ1v) is 7.94. The maximum atomic E-state index is 2.64. The number of hydrogen-bond acceptors (Lipinski definition) is 0. The zero-order valence-corrected chi connectivity index (χ0v) is 12.0. The van der Waals surface area contributed by atoms with Crippen molar-refractivity contribution in [2.75, 3.05) is 0 Å². The van der Waals surface area contributed by atoms with Crippen molar-refractivity contribution in [1.29, 1.82) is 0 Å². The van der Waals surface area contributed by atoms with Crippen molar-refractivity contribution >= 4 is 0 Å². The number of allylic oxidation sites excluding steroid dienone is 2. The Balaban J connectivity index is 1.96. The summed E-state index contributed by atoms with van der Waals surface area (Å²) in [7, 11) is 0. The van der Waals surface area contributed by atoms with Gasteiger partial charge in [-0.25, -0.2) is 0 Å². The third-order valence-corrected chi connectivity index (χ3v) is 5.46. The largest absolute Gasteiger partial charge is 0.0819 e. The normalized spacial score (nSPS) is 30.9. The molecule has 1 unspecified atom stereocenters. The van der Waals surface area contributed by atoms with Gasteiger partial charge in [0.25, 0.3) is 0 Å². The second-order valence-electron chi connectivity index (χ2n) is 6.39. The van der Waals surface area contributed by atoms with Crippen molar-refractivity contribution in [3.8, 4) is 0 Å². The second kappa shape index (κ2) is 6.07. The van der Waals surface area contributed by atoms with Gasteiger partial charge in [-0.2, -0.15) is 0 Å². The summed E-state index contributed by atoms with van der Waals surface area (Å²) >= 11 is 0. The smallest absolute Gasteiger partial charge is 0.0172 e. The van der Waals surface area contributed by atoms with Crippen LogP contribution in [0.3, 0.4) is 0 Å². The maximum Gasteiger partial charge on any atom is -0.0172 e. The summed E-state index contributed by atoms with van der Waals surface area (Å²) in [6, 6.07) is 0. The van der Waals surface area contributed by atoms with Gasteiger partial charge in [0, 0.05) is 0 Å². The van der Waals surface area contributed by atoms with E-state index in [0.29, 0.717) is 0 Å². The third-order valence-electron chi connectivity index (χ3n) is 5.46. The lowest BCUT2D eigenvalue weighted by Gasteiger charge is -2.30. The minimum atomic E-state index is 0.900. The first kappa shape index (κ1) is 13.2. The lowest BCUT2D eigenvalue weighted by Crippen LogP contribution is -2.19. The third kappa shape index (κ3) is 2.95. The zero-order valence-electron chi connectivity index (χ0n) is 12.0. The first-order chi connectivity index (χ1) is 8.26. The van der Waals surface area contributed by atoms with Crippen molar-refractivity contribution in [2.45, 2.75) is 72.1 Å². The van der Waals surface area contributed by atoms with Crippen LogP contribution in [-0.2, 0) is 0 Å². The van der Waals surface area contributed by atoms with Crippen molar-refractivity contribution < 1.29 is 0 Å². The Labute approximate surface area is 108 Å². The summed E-state index contributed by atoms with van der Waals surface area (Å²) in [4.78, 5) is 0. The summed E-state index contributed by atoms with van der Waals surface area (Å²) in [6.07, 6.45) is 14.3. The molecule has 1 fully saturated rings. The molecular weight excluding hydrogens is 204 g/mol. The first-order valence-electron chi connectivity index (χ1n) is 7.94. The average Bonchev–Trinajstić information content (AvgIpc) is 2.74. The molecule has 0 aliphatic heterocycles. The predicted molar refractivity (Wildman–Crippen MR) is 76.0 cm³/mol. The van der Waals surface area contributed by atoms with Crippen molar-refractivity contribution in [2.24, 2.45) is 23.7 Å². The Morgan fingerprint density at radius 2 is 1.76 bits per heavy atom. The summed E-state index contributed by atoms with van der Waals surface area (Å²) in [5.74, 6) is 3.82. The van der Waals surface area contributed by atoms with Crippen LogP contribution in [0.2, 0.25) is 0 Å². The molecule has 0 aromatic rings. The van der Waals surface area contributed by atoms with E-state index in [4.69, 9.17) is 0 Å². The van der Waals surface area contributed by atoms with Crippen LogP contribution >= 0.6 is 0 Å². The van der Waals surface area contributed by atoms with E-state index in [2.05, 4.69) is 26.8 Å². The van der Waals surface area contributed by atoms with E-state index < -0.39 is 0 Å². The van der Waals surface area contributed by atoms with Gasteiger partial charge in [0.1, 0.15) is 0 Å². The van der Waals surface area contributed by atoms with Gasteiger partial charge >= 0.3 is 0 Å². The molecular formula is C17H30. The average molecular weight is 234 g/mol. The van der Waals surface area contributed by atoms with Crippen LogP contribution in [0.25, 0.3) is 0 Å². The van der Waals surface area contributed by atoms with Gasteiger partial charge in [0.15, 0.2) is 0 Å². The van der Waals surface area contributed by atoms with Crippen LogP contribution in [0, 0.1) is 23.7 Å². The highest BCUT2D eigenvalue weighted by Gasteiger charge is 2.33. The maximum absolute atomic E-state index is 2.64. The Morgan fingerprint density at radius 3 is 2.35 bits per heavy atom. The van der Waals surface area contributed by atoms with Gasteiger partial charge in [0.2, 0.25) is 0 Å². The summed E-state index contributed by atoms with van der Waals surface area (Å²) in [5, 5.41) is 0. The highest BCUT2D eigenvalue weighted by molar-refractivity contribution is 5.15. The van der Waals surface area contributed by atoms with Crippen molar-refractivity contribution in [3.63, 3.8) is 0 Å². The van der Waals surface area contributed by atoms with E-state index in [-0.39, 0.29) is 0 Å². The van der Waals surface area contributed by atoms with Gasteiger partial charge in [-0.1, -0.05) is 57.6 Å². The van der Waals surface area contributed by atoms with Crippen molar-refractivity contribution in [3.05, 3.63) is 11.6 Å². The Morgan fingerprint density at radius 1 is 1.12 bits per heavy atom. The molecule has 17 heavy (non-hydrogen) atoms. The highest BCUT2D eigenvalue weighted by Crippen LogP contribution is 2.44. The molecule has 2 aliphatic carbocycles. The lowest BCUT2D eigenvalue weighted by atomic mass is 9.75. The van der Waals surface area contributed by atoms with E-state index in [0.717, 1.165) is 23.7 Å². The van der Waals surface area contributed by atoms with Gasteiger partial charge in [-0.05, 0) is 49.9 Å². The summed E-state index contributed by atoms with van der Waals surface area (Å²) in [5.41, 5.74) is 1.73. The molecule has 0 amide bonds. The SMILES string of the molecule is CCC(CC)C1C=C(C)[C@H](C2CCCCC2)C1. The summed E-state index contributed by atoms with van der Waals surface area (Å²) < 4.78 is 0. The minimum absolute atomic E-state index is 0.900. The van der Waals surface area contributed by atoms with E-state index in [1.54, 1.807) is 5.57 Å². The number of hydrogen-bond donors (Lipinski definition) is 0. The van der Waals surface area contributed by atoms with E-state index >= 15 is 0 Å². The molecule has 0 heterocycles. The molecule has 98 valence electrons. The minimum Gasteiger partial charge on any atom is -0.0819 e. The molecule has 2 rings (SSSR count). The van der Waals surface area contributed by atoms with Crippen LogP contribution in [-0.4, -0.2) is 0 Å². The molecule has 0 saturated heterocycles. The van der Waals surface area contributed by atoms with Crippen LogP contribution in [0.15, 0.2) is 11.6 Å². The summed E-state index contributed by atoms with van der Waals surface area (Å²) in [6.45, 7) is 7.14. The van der Waals surface area contributed by atoms with Crippen LogP contribution in [0.5, 0.6) is 0 Å². The molecule has 0 nitrogen and oxygen atoms in total. The molecule has 0 bridgehead atoms. The lowest BCUT2D eigenvalue weighted by molar-refractivity contribution is 0.242. The predicted octanol–water partition coefficient (Wildman–Crippen LogP) is 5.59. The topological polar surface area (TPSA) is 0 Å². The van der Waals surface area contributed by atoms with Gasteiger partial charge < -0.3 is 0 Å². The molecule has 2 aliphatic rings. The number of rotatable bonds is 4. The fraction of sp³-hybridized carbons (Fsp3) is 0.882. The Kier molecular flexibility index (Phi) is 4.70. The van der Waals surface area contributed by atoms with Gasteiger partial charge in [0.05, 0.1) is 0 Å². The standard InChI is InChI=1S/C17H30/c1-4-14(5-2)16-11-13(3)17(12-16)15-9-7-6-8-10-15/h11,14-17H,4-10,12H2,1-3H3/t16?,17-/m1/s1.